The number of hydrogen-bond donors (Lipinski definition) is 1. The first-order valence-corrected chi connectivity index (χ1v) is 6.38. The first-order valence-electron chi connectivity index (χ1n) is 5.33. The zero-order valence-electron chi connectivity index (χ0n) is 9.29. The number of alkyl halides is 3. The second kappa shape index (κ2) is 4.21. The van der Waals surface area contributed by atoms with Gasteiger partial charge >= 0.3 is 6.18 Å². The topological polar surface area (TPSA) is 20.2 Å². The molecular formula is C12H13F3OS. The Hall–Kier alpha value is -0.680. The van der Waals surface area contributed by atoms with E-state index in [1.165, 1.54) is 12.1 Å². The van der Waals surface area contributed by atoms with Gasteiger partial charge in [0.15, 0.2) is 0 Å². The van der Waals surface area contributed by atoms with Crippen LogP contribution < -0.4 is 0 Å². The summed E-state index contributed by atoms with van der Waals surface area (Å²) < 4.78 is 37.2. The minimum absolute atomic E-state index is 0.335. The van der Waals surface area contributed by atoms with Crippen molar-refractivity contribution in [3.63, 3.8) is 0 Å². The predicted molar refractivity (Wildman–Crippen MR) is 61.9 cm³/mol. The van der Waals surface area contributed by atoms with Gasteiger partial charge in [-0.25, -0.2) is 0 Å². The fourth-order valence-electron chi connectivity index (χ4n) is 2.04. The molecule has 1 aromatic rings. The van der Waals surface area contributed by atoms with E-state index in [0.717, 1.165) is 12.1 Å². The zero-order chi connectivity index (χ0) is 12.7. The molecule has 0 aliphatic carbocycles. The highest BCUT2D eigenvalue weighted by molar-refractivity contribution is 8.00. The molecule has 1 nitrogen and oxygen atoms in total. The number of hydrogen-bond acceptors (Lipinski definition) is 2. The van der Waals surface area contributed by atoms with Crippen LogP contribution in [0.2, 0.25) is 0 Å². The molecule has 0 aromatic heterocycles. The molecule has 2 atom stereocenters. The van der Waals surface area contributed by atoms with E-state index < -0.39 is 17.3 Å². The molecule has 1 heterocycles. The summed E-state index contributed by atoms with van der Waals surface area (Å²) in [4.78, 5) is 0. The number of rotatable bonds is 1. The van der Waals surface area contributed by atoms with Crippen molar-refractivity contribution in [1.29, 1.82) is 0 Å². The van der Waals surface area contributed by atoms with E-state index in [2.05, 4.69) is 0 Å². The molecule has 1 aliphatic rings. The van der Waals surface area contributed by atoms with Gasteiger partial charge < -0.3 is 5.11 Å². The fraction of sp³-hybridized carbons (Fsp3) is 0.500. The molecular weight excluding hydrogens is 249 g/mol. The Balaban J connectivity index is 2.24. The summed E-state index contributed by atoms with van der Waals surface area (Å²) in [5.74, 6) is 0.541. The molecule has 1 aromatic carbocycles. The molecule has 1 saturated heterocycles. The monoisotopic (exact) mass is 262 g/mol. The van der Waals surface area contributed by atoms with Crippen LogP contribution in [0.15, 0.2) is 24.3 Å². The largest absolute Gasteiger partial charge is 0.416 e. The second-order valence-electron chi connectivity index (χ2n) is 4.43. The fourth-order valence-corrected chi connectivity index (χ4v) is 3.28. The van der Waals surface area contributed by atoms with Gasteiger partial charge in [0.25, 0.3) is 0 Å². The molecule has 1 fully saturated rings. The first-order chi connectivity index (χ1) is 7.81. The molecule has 94 valence electrons. The Morgan fingerprint density at radius 1 is 1.29 bits per heavy atom. The maximum atomic E-state index is 12.4. The summed E-state index contributed by atoms with van der Waals surface area (Å²) in [6, 6.07) is 4.81. The minimum Gasteiger partial charge on any atom is -0.384 e. The summed E-state index contributed by atoms with van der Waals surface area (Å²) in [6.07, 6.45) is -3.73. The highest BCUT2D eigenvalue weighted by Crippen LogP contribution is 2.41. The number of aliphatic hydroxyl groups is 1. The van der Waals surface area contributed by atoms with Crippen LogP contribution in [-0.4, -0.2) is 16.1 Å². The summed E-state index contributed by atoms with van der Waals surface area (Å²) >= 11 is 1.64. The van der Waals surface area contributed by atoms with Crippen LogP contribution in [0.3, 0.4) is 0 Å². The van der Waals surface area contributed by atoms with Crippen LogP contribution in [0, 0.1) is 0 Å². The number of benzene rings is 1. The van der Waals surface area contributed by atoms with E-state index >= 15 is 0 Å². The molecule has 1 aliphatic heterocycles. The molecule has 2 rings (SSSR count). The number of halogens is 3. The highest BCUT2D eigenvalue weighted by Gasteiger charge is 2.38. The van der Waals surface area contributed by atoms with Gasteiger partial charge in [-0.15, -0.1) is 0 Å². The molecule has 0 spiro atoms. The van der Waals surface area contributed by atoms with E-state index in [1.54, 1.807) is 11.8 Å². The van der Waals surface area contributed by atoms with Crippen LogP contribution in [-0.2, 0) is 11.8 Å². The Morgan fingerprint density at radius 2 is 1.88 bits per heavy atom. The van der Waals surface area contributed by atoms with Gasteiger partial charge in [-0.2, -0.15) is 24.9 Å². The predicted octanol–water partition coefficient (Wildman–Crippen LogP) is 3.42. The van der Waals surface area contributed by atoms with Gasteiger partial charge in [-0.1, -0.05) is 19.1 Å². The van der Waals surface area contributed by atoms with Crippen molar-refractivity contribution in [3.8, 4) is 0 Å². The Morgan fingerprint density at radius 3 is 2.29 bits per heavy atom. The second-order valence-corrected chi connectivity index (χ2v) is 5.86. The van der Waals surface area contributed by atoms with Crippen molar-refractivity contribution in [1.82, 2.24) is 0 Å². The lowest BCUT2D eigenvalue weighted by Gasteiger charge is -2.22. The van der Waals surface area contributed by atoms with Gasteiger partial charge in [0.05, 0.1) is 11.2 Å². The van der Waals surface area contributed by atoms with Crippen molar-refractivity contribution >= 4 is 11.8 Å². The smallest absolute Gasteiger partial charge is 0.384 e. The van der Waals surface area contributed by atoms with E-state index in [9.17, 15) is 18.3 Å². The van der Waals surface area contributed by atoms with Gasteiger partial charge in [0.1, 0.15) is 0 Å². The van der Waals surface area contributed by atoms with E-state index in [4.69, 9.17) is 0 Å². The highest BCUT2D eigenvalue weighted by atomic mass is 32.2. The molecule has 17 heavy (non-hydrogen) atoms. The Labute approximate surface area is 102 Å². The van der Waals surface area contributed by atoms with Gasteiger partial charge in [-0.05, 0) is 24.1 Å². The van der Waals surface area contributed by atoms with E-state index in [-0.39, 0.29) is 0 Å². The van der Waals surface area contributed by atoms with Crippen molar-refractivity contribution in [2.75, 3.05) is 5.75 Å². The molecule has 0 amide bonds. The average molecular weight is 262 g/mol. The minimum atomic E-state index is -4.32. The van der Waals surface area contributed by atoms with Crippen LogP contribution in [0.4, 0.5) is 13.2 Å². The van der Waals surface area contributed by atoms with Gasteiger partial charge in [-0.3, -0.25) is 0 Å². The lowest BCUT2D eigenvalue weighted by atomic mass is 9.91. The standard InChI is InChI=1S/C12H13F3OS/c1-8-6-11(16,7-17-8)9-2-4-10(5-3-9)12(13,14)15/h2-5,8,16H,6-7H2,1H3. The molecule has 1 N–H and O–H groups in total. The average Bonchev–Trinajstić information content (AvgIpc) is 2.59. The molecule has 0 bridgehead atoms. The quantitative estimate of drug-likeness (QED) is 0.837. The van der Waals surface area contributed by atoms with E-state index in [0.29, 0.717) is 23.0 Å². The summed E-state index contributed by atoms with van der Waals surface area (Å²) in [7, 11) is 0. The lowest BCUT2D eigenvalue weighted by molar-refractivity contribution is -0.137. The third kappa shape index (κ3) is 2.60. The molecule has 5 heteroatoms. The van der Waals surface area contributed by atoms with Gasteiger partial charge in [0.2, 0.25) is 0 Å². The van der Waals surface area contributed by atoms with Crippen LogP contribution in [0.25, 0.3) is 0 Å². The SMILES string of the molecule is CC1CC(O)(c2ccc(C(F)(F)F)cc2)CS1. The molecule has 0 radical (unpaired) electrons. The van der Waals surface area contributed by atoms with Crippen molar-refractivity contribution in [3.05, 3.63) is 35.4 Å². The lowest BCUT2D eigenvalue weighted by Crippen LogP contribution is -2.25. The Kier molecular flexibility index (Phi) is 3.16. The summed E-state index contributed by atoms with van der Waals surface area (Å²) in [5.41, 5.74) is -1.08. The summed E-state index contributed by atoms with van der Waals surface area (Å²) in [5, 5.41) is 10.7. The molecule has 2 unspecified atom stereocenters. The van der Waals surface area contributed by atoms with Crippen LogP contribution in [0.5, 0.6) is 0 Å². The van der Waals surface area contributed by atoms with E-state index in [1.807, 2.05) is 6.92 Å². The summed E-state index contributed by atoms with van der Waals surface area (Å²) in [6.45, 7) is 2.01. The van der Waals surface area contributed by atoms with Crippen molar-refractivity contribution < 1.29 is 18.3 Å². The zero-order valence-corrected chi connectivity index (χ0v) is 10.1. The van der Waals surface area contributed by atoms with Crippen molar-refractivity contribution in [2.45, 2.75) is 30.4 Å². The van der Waals surface area contributed by atoms with Gasteiger partial charge in [0, 0.05) is 11.0 Å². The number of thioether (sulfide) groups is 1. The maximum absolute atomic E-state index is 12.4. The van der Waals surface area contributed by atoms with Crippen molar-refractivity contribution in [2.24, 2.45) is 0 Å². The van der Waals surface area contributed by atoms with Crippen LogP contribution >= 0.6 is 11.8 Å². The maximum Gasteiger partial charge on any atom is 0.416 e. The normalized spacial score (nSPS) is 29.6. The Bertz CT molecular complexity index is 401. The molecule has 0 saturated carbocycles. The first kappa shape index (κ1) is 12.8. The van der Waals surface area contributed by atoms with Crippen LogP contribution in [0.1, 0.15) is 24.5 Å². The third-order valence-corrected chi connectivity index (χ3v) is 4.36. The third-order valence-electron chi connectivity index (χ3n) is 2.98.